The van der Waals surface area contributed by atoms with Crippen molar-refractivity contribution in [3.05, 3.63) is 155 Å². The van der Waals surface area contributed by atoms with E-state index in [-0.39, 0.29) is 29.9 Å². The summed E-state index contributed by atoms with van der Waals surface area (Å²) >= 11 is 0. The molecule has 0 aliphatic carbocycles. The van der Waals surface area contributed by atoms with Crippen molar-refractivity contribution in [2.24, 2.45) is 0 Å². The van der Waals surface area contributed by atoms with Crippen LogP contribution in [0.5, 0.6) is 0 Å². The molecule has 330 valence electrons. The number of benzene rings is 4. The van der Waals surface area contributed by atoms with E-state index in [1.54, 1.807) is 22.2 Å². The largest absolute Gasteiger partial charge is 0.453 e. The average Bonchev–Trinajstić information content (AvgIpc) is 4.22. The number of imidazole rings is 2. The molecule has 3 fully saturated rings. The average molecular weight is 870 g/mol. The number of ether oxygens (including phenoxy) is 1. The van der Waals surface area contributed by atoms with Crippen LogP contribution in [-0.2, 0) is 14.3 Å². The molecule has 9 rings (SSSR count). The molecular formula is C51H51N9O5. The minimum atomic E-state index is -0.884. The Bertz CT molecular complexity index is 2680. The van der Waals surface area contributed by atoms with E-state index in [4.69, 9.17) is 9.72 Å². The molecule has 0 spiro atoms. The molecule has 3 aliphatic heterocycles. The van der Waals surface area contributed by atoms with E-state index in [1.807, 2.05) is 114 Å². The van der Waals surface area contributed by atoms with Gasteiger partial charge in [0.1, 0.15) is 23.7 Å². The van der Waals surface area contributed by atoms with Gasteiger partial charge in [0.05, 0.1) is 43.0 Å². The normalized spacial score (nSPS) is 17.8. The lowest BCUT2D eigenvalue weighted by molar-refractivity contribution is -0.135. The van der Waals surface area contributed by atoms with E-state index in [0.717, 1.165) is 83.6 Å². The van der Waals surface area contributed by atoms with Crippen LogP contribution in [0.3, 0.4) is 0 Å². The quantitative estimate of drug-likeness (QED) is 0.102. The number of rotatable bonds is 10. The molecule has 0 bridgehead atoms. The number of carbonyl (C=O) groups excluding carboxylic acids is 4. The summed E-state index contributed by atoms with van der Waals surface area (Å²) in [5.41, 5.74) is 6.71. The van der Waals surface area contributed by atoms with Crippen LogP contribution >= 0.6 is 0 Å². The molecule has 3 saturated heterocycles. The number of hydrogen-bond acceptors (Lipinski definition) is 7. The van der Waals surface area contributed by atoms with Crippen molar-refractivity contribution in [1.82, 2.24) is 45.3 Å². The number of methoxy groups -OCH3 is 1. The van der Waals surface area contributed by atoms with E-state index in [2.05, 4.69) is 37.4 Å². The molecule has 14 nitrogen and oxygen atoms in total. The number of alkyl carbamates (subject to hydrolysis) is 1. The fourth-order valence-corrected chi connectivity index (χ4v) is 9.06. The number of carbonyl (C=O) groups is 4. The van der Waals surface area contributed by atoms with Crippen LogP contribution < -0.4 is 10.6 Å². The molecule has 2 aromatic heterocycles. The van der Waals surface area contributed by atoms with Crippen molar-refractivity contribution >= 4 is 23.9 Å². The molecule has 5 heterocycles. The number of aromatic nitrogens is 4. The van der Waals surface area contributed by atoms with Gasteiger partial charge in [0.15, 0.2) is 0 Å². The molecule has 4 aromatic carbocycles. The van der Waals surface area contributed by atoms with Crippen LogP contribution in [0, 0.1) is 11.8 Å². The zero-order valence-corrected chi connectivity index (χ0v) is 36.2. The van der Waals surface area contributed by atoms with Gasteiger partial charge in [-0.05, 0) is 85.0 Å². The van der Waals surface area contributed by atoms with Gasteiger partial charge in [-0.15, -0.1) is 0 Å². The predicted molar refractivity (Wildman–Crippen MR) is 245 cm³/mol. The third kappa shape index (κ3) is 9.50. The SMILES string of the molecule is COC(=O)NC(C(=O)N1CCCC1c1ncc(-c2ccc(C#Cc3ccc(-c4cnc(C5CCCN5C(=O)C(NC(=O)N5CCCC5)c5ccccc5)[nH]4)cc3)cc2)[nH]1)c1ccccc1. The van der Waals surface area contributed by atoms with Crippen LogP contribution in [0.25, 0.3) is 22.5 Å². The summed E-state index contributed by atoms with van der Waals surface area (Å²) in [4.78, 5) is 75.3. The molecule has 4 atom stereocenters. The summed E-state index contributed by atoms with van der Waals surface area (Å²) in [5.74, 6) is 7.60. The third-order valence-electron chi connectivity index (χ3n) is 12.5. The van der Waals surface area contributed by atoms with Crippen molar-refractivity contribution in [1.29, 1.82) is 0 Å². The molecule has 5 amide bonds. The number of nitrogens with zero attached hydrogens (tertiary/aromatic N) is 5. The molecule has 0 saturated carbocycles. The minimum absolute atomic E-state index is 0.135. The summed E-state index contributed by atoms with van der Waals surface area (Å²) in [6.45, 7) is 2.53. The van der Waals surface area contributed by atoms with Crippen LogP contribution in [0.4, 0.5) is 9.59 Å². The summed E-state index contributed by atoms with van der Waals surface area (Å²) in [6, 6.07) is 32.2. The summed E-state index contributed by atoms with van der Waals surface area (Å²) in [7, 11) is 1.28. The highest BCUT2D eigenvalue weighted by Crippen LogP contribution is 2.36. The molecule has 3 aliphatic rings. The number of H-pyrrole nitrogens is 2. The van der Waals surface area contributed by atoms with Gasteiger partial charge in [-0.3, -0.25) is 9.59 Å². The summed E-state index contributed by atoms with van der Waals surface area (Å²) in [5, 5.41) is 5.75. The Balaban J connectivity index is 0.830. The van der Waals surface area contributed by atoms with Crippen LogP contribution in [0.15, 0.2) is 122 Å². The monoisotopic (exact) mass is 869 g/mol. The maximum atomic E-state index is 14.2. The Hall–Kier alpha value is -7.66. The second-order valence-corrected chi connectivity index (χ2v) is 16.6. The zero-order chi connectivity index (χ0) is 44.7. The van der Waals surface area contributed by atoms with Crippen molar-refractivity contribution in [2.75, 3.05) is 33.3 Å². The Morgan fingerprint density at radius 3 is 1.49 bits per heavy atom. The number of hydrogen-bond donors (Lipinski definition) is 4. The molecule has 4 unspecified atom stereocenters. The van der Waals surface area contributed by atoms with Crippen molar-refractivity contribution < 1.29 is 23.9 Å². The van der Waals surface area contributed by atoms with Crippen LogP contribution in [0.2, 0.25) is 0 Å². The van der Waals surface area contributed by atoms with E-state index in [0.29, 0.717) is 37.6 Å². The number of amides is 5. The van der Waals surface area contributed by atoms with Gasteiger partial charge in [0, 0.05) is 37.3 Å². The number of urea groups is 1. The Labute approximate surface area is 377 Å². The molecule has 0 radical (unpaired) electrons. The van der Waals surface area contributed by atoms with Crippen LogP contribution in [-0.4, -0.2) is 91.9 Å². The van der Waals surface area contributed by atoms with E-state index >= 15 is 0 Å². The lowest BCUT2D eigenvalue weighted by atomic mass is 10.0. The van der Waals surface area contributed by atoms with Crippen molar-refractivity contribution in [2.45, 2.75) is 62.7 Å². The highest BCUT2D eigenvalue weighted by molar-refractivity contribution is 5.89. The van der Waals surface area contributed by atoms with Gasteiger partial charge in [-0.25, -0.2) is 19.6 Å². The fraction of sp³-hybridized carbons (Fsp3) is 0.294. The maximum Gasteiger partial charge on any atom is 0.407 e. The topological polar surface area (TPSA) is 169 Å². The lowest BCUT2D eigenvalue weighted by Gasteiger charge is -2.30. The van der Waals surface area contributed by atoms with Crippen molar-refractivity contribution in [3.8, 4) is 34.4 Å². The predicted octanol–water partition coefficient (Wildman–Crippen LogP) is 7.84. The fourth-order valence-electron chi connectivity index (χ4n) is 9.06. The molecule has 6 aromatic rings. The van der Waals surface area contributed by atoms with Gasteiger partial charge >= 0.3 is 12.1 Å². The van der Waals surface area contributed by atoms with Gasteiger partial charge < -0.3 is 40.0 Å². The Morgan fingerprint density at radius 1 is 0.600 bits per heavy atom. The van der Waals surface area contributed by atoms with E-state index in [1.165, 1.54) is 7.11 Å². The summed E-state index contributed by atoms with van der Waals surface area (Å²) in [6.07, 6.45) is 8.03. The van der Waals surface area contributed by atoms with Gasteiger partial charge in [-0.1, -0.05) is 96.8 Å². The first-order valence-corrected chi connectivity index (χ1v) is 22.3. The van der Waals surface area contributed by atoms with E-state index in [9.17, 15) is 19.2 Å². The number of aromatic amines is 2. The zero-order valence-electron chi connectivity index (χ0n) is 36.2. The van der Waals surface area contributed by atoms with Gasteiger partial charge in [0.2, 0.25) is 5.91 Å². The highest BCUT2D eigenvalue weighted by Gasteiger charge is 2.39. The molecular weight excluding hydrogens is 819 g/mol. The Kier molecular flexibility index (Phi) is 12.7. The first-order valence-electron chi connectivity index (χ1n) is 22.3. The van der Waals surface area contributed by atoms with Crippen molar-refractivity contribution in [3.63, 3.8) is 0 Å². The third-order valence-corrected chi connectivity index (χ3v) is 12.5. The molecule has 14 heteroatoms. The number of nitrogens with one attached hydrogen (secondary N) is 4. The maximum absolute atomic E-state index is 14.2. The summed E-state index contributed by atoms with van der Waals surface area (Å²) < 4.78 is 4.83. The Morgan fingerprint density at radius 2 is 1.05 bits per heavy atom. The number of likely N-dealkylation sites (tertiary alicyclic amines) is 3. The molecule has 65 heavy (non-hydrogen) atoms. The highest BCUT2D eigenvalue weighted by atomic mass is 16.5. The first-order chi connectivity index (χ1) is 31.8. The second-order valence-electron chi connectivity index (χ2n) is 16.6. The lowest BCUT2D eigenvalue weighted by Crippen LogP contribution is -2.46. The first kappa shape index (κ1) is 42.6. The van der Waals surface area contributed by atoms with Gasteiger partial charge in [0.25, 0.3) is 5.91 Å². The van der Waals surface area contributed by atoms with Crippen LogP contribution in [0.1, 0.15) is 96.6 Å². The smallest absolute Gasteiger partial charge is 0.407 e. The van der Waals surface area contributed by atoms with E-state index < -0.39 is 18.2 Å². The van der Waals surface area contributed by atoms with Gasteiger partial charge in [-0.2, -0.15) is 0 Å². The standard InChI is InChI=1S/C51H51N9O5/c1-65-51(64)57-45(39-14-6-3-7-15-39)49(62)60-31-11-17-43(60)47-53-33-41(55-47)37-26-22-35(23-27-37)19-18-34-20-24-36(25-21-34)40-32-52-46(54-40)42-16-10-30-59(42)48(61)44(38-12-4-2-5-13-38)56-50(63)58-28-8-9-29-58/h2-7,12-15,20-27,32-33,42-45H,8-11,16-17,28-31H2,1H3,(H,52,54)(H,53,55)(H,56,63)(H,57,64). The minimum Gasteiger partial charge on any atom is -0.453 e. The second kappa shape index (κ2) is 19.4. The molecule has 4 N–H and O–H groups in total.